The second kappa shape index (κ2) is 9.28. The average molecular weight is 411 g/mol. The molecule has 0 saturated carbocycles. The van der Waals surface area contributed by atoms with Crippen molar-refractivity contribution in [2.24, 2.45) is 5.92 Å². The molecule has 0 spiro atoms. The third kappa shape index (κ3) is 6.04. The fourth-order valence-electron chi connectivity index (χ4n) is 3.92. The van der Waals surface area contributed by atoms with Gasteiger partial charge in [-0.05, 0) is 89.1 Å². The minimum atomic E-state index is -0.635. The third-order valence-corrected chi connectivity index (χ3v) is 5.56. The lowest BCUT2D eigenvalue weighted by molar-refractivity contribution is 0.0163. The van der Waals surface area contributed by atoms with Crippen LogP contribution in [0.25, 0.3) is 0 Å². The molecule has 0 unspecified atom stereocenters. The summed E-state index contributed by atoms with van der Waals surface area (Å²) >= 11 is 0. The summed E-state index contributed by atoms with van der Waals surface area (Å²) in [4.78, 5) is 13.8. The van der Waals surface area contributed by atoms with Gasteiger partial charge in [-0.15, -0.1) is 0 Å². The number of rotatable bonds is 4. The first-order valence-electron chi connectivity index (χ1n) is 10.5. The van der Waals surface area contributed by atoms with Gasteiger partial charge in [0.2, 0.25) is 0 Å². The second-order valence-corrected chi connectivity index (χ2v) is 9.06. The molecule has 1 aromatic rings. The first-order valence-corrected chi connectivity index (χ1v) is 10.5. The van der Waals surface area contributed by atoms with E-state index in [9.17, 15) is 13.6 Å². The number of benzene rings is 1. The monoisotopic (exact) mass is 410 g/mol. The zero-order valence-electron chi connectivity index (χ0n) is 17.6. The molecule has 0 aliphatic carbocycles. The Kier molecular flexibility index (Phi) is 6.98. The molecule has 0 bridgehead atoms. The predicted octanol–water partition coefficient (Wildman–Crippen LogP) is 4.46. The van der Waals surface area contributed by atoms with E-state index < -0.39 is 17.2 Å². The van der Waals surface area contributed by atoms with Crippen molar-refractivity contribution in [2.45, 2.75) is 58.0 Å². The largest absolute Gasteiger partial charge is 0.487 e. The third-order valence-electron chi connectivity index (χ3n) is 5.56. The number of hydrogen-bond donors (Lipinski definition) is 1. The van der Waals surface area contributed by atoms with Crippen LogP contribution in [-0.2, 0) is 4.74 Å². The molecule has 1 N–H and O–H groups in total. The first kappa shape index (κ1) is 21.8. The Balaban J connectivity index is 1.51. The Bertz CT molecular complexity index is 683. The summed E-state index contributed by atoms with van der Waals surface area (Å²) < 4.78 is 39.9. The van der Waals surface area contributed by atoms with Crippen molar-refractivity contribution in [1.29, 1.82) is 0 Å². The summed E-state index contributed by atoms with van der Waals surface area (Å²) in [5.41, 5.74) is 0.186. The summed E-state index contributed by atoms with van der Waals surface area (Å²) in [7, 11) is 0. The van der Waals surface area contributed by atoms with Crippen LogP contribution in [0.5, 0.6) is 5.75 Å². The van der Waals surface area contributed by atoms with Crippen LogP contribution in [0.2, 0.25) is 0 Å². The van der Waals surface area contributed by atoms with Gasteiger partial charge in [0.25, 0.3) is 0 Å². The lowest BCUT2D eigenvalue weighted by atomic mass is 9.90. The van der Waals surface area contributed by atoms with Crippen LogP contribution in [0, 0.1) is 17.6 Å². The molecule has 0 atom stereocenters. The van der Waals surface area contributed by atoms with E-state index in [0.717, 1.165) is 38.8 Å². The van der Waals surface area contributed by atoms with Gasteiger partial charge in [-0.1, -0.05) is 0 Å². The molecular weight excluding hydrogens is 378 g/mol. The summed E-state index contributed by atoms with van der Waals surface area (Å²) in [5.74, 6) is -1.23. The number of carbonyl (C=O) groups is 1. The topological polar surface area (TPSA) is 50.8 Å². The van der Waals surface area contributed by atoms with Gasteiger partial charge in [-0.25, -0.2) is 13.6 Å². The van der Waals surface area contributed by atoms with Gasteiger partial charge in [0.15, 0.2) is 17.4 Å². The van der Waals surface area contributed by atoms with E-state index in [-0.39, 0.29) is 30.3 Å². The maximum Gasteiger partial charge on any atom is 0.410 e. The number of nitrogens with zero attached hydrogens (tertiary/aromatic N) is 1. The van der Waals surface area contributed by atoms with Crippen LogP contribution in [-0.4, -0.2) is 49.4 Å². The van der Waals surface area contributed by atoms with Crippen LogP contribution < -0.4 is 10.1 Å². The summed E-state index contributed by atoms with van der Waals surface area (Å²) in [6.07, 6.45) is 2.89. The lowest BCUT2D eigenvalue weighted by Crippen LogP contribution is -2.42. The smallest absolute Gasteiger partial charge is 0.410 e. The highest BCUT2D eigenvalue weighted by Crippen LogP contribution is 2.32. The minimum absolute atomic E-state index is 0.150. The number of hydrogen-bond acceptors (Lipinski definition) is 4. The quantitative estimate of drug-likeness (QED) is 0.796. The maximum atomic E-state index is 14.5. The molecule has 2 aliphatic heterocycles. The summed E-state index contributed by atoms with van der Waals surface area (Å²) in [6.45, 7) is 8.61. The predicted molar refractivity (Wildman–Crippen MR) is 107 cm³/mol. The van der Waals surface area contributed by atoms with Gasteiger partial charge >= 0.3 is 6.09 Å². The van der Waals surface area contributed by atoms with Crippen molar-refractivity contribution in [3.63, 3.8) is 0 Å². The van der Waals surface area contributed by atoms with Gasteiger partial charge in [0.1, 0.15) is 5.60 Å². The molecule has 1 aromatic carbocycles. The number of halogens is 2. The van der Waals surface area contributed by atoms with Crippen LogP contribution in [0.4, 0.5) is 13.6 Å². The Morgan fingerprint density at radius 3 is 2.24 bits per heavy atom. The fourth-order valence-corrected chi connectivity index (χ4v) is 3.92. The van der Waals surface area contributed by atoms with E-state index in [0.29, 0.717) is 18.7 Å². The van der Waals surface area contributed by atoms with Gasteiger partial charge in [0.05, 0.1) is 6.61 Å². The van der Waals surface area contributed by atoms with E-state index >= 15 is 0 Å². The number of likely N-dealkylation sites (tertiary alicyclic amines) is 1. The molecule has 5 nitrogen and oxygen atoms in total. The minimum Gasteiger partial charge on any atom is -0.487 e. The number of carbonyl (C=O) groups excluding carboxylic acids is 1. The summed E-state index contributed by atoms with van der Waals surface area (Å²) in [6, 6.07) is 2.83. The SMILES string of the molecule is CC(C)(C)OC(=O)N1CCC(COc2c(F)cc(C3CCNCC3)cc2F)CC1. The van der Waals surface area contributed by atoms with Crippen molar-refractivity contribution in [1.82, 2.24) is 10.2 Å². The van der Waals surface area contributed by atoms with Crippen LogP contribution >= 0.6 is 0 Å². The van der Waals surface area contributed by atoms with E-state index in [1.165, 1.54) is 12.1 Å². The maximum absolute atomic E-state index is 14.5. The highest BCUT2D eigenvalue weighted by atomic mass is 19.1. The number of piperidine rings is 2. The van der Waals surface area contributed by atoms with E-state index in [4.69, 9.17) is 9.47 Å². The molecule has 2 saturated heterocycles. The Morgan fingerprint density at radius 2 is 1.69 bits per heavy atom. The zero-order chi connectivity index (χ0) is 21.0. The Hall–Kier alpha value is -1.89. The molecule has 2 aliphatic rings. The van der Waals surface area contributed by atoms with E-state index in [1.807, 2.05) is 20.8 Å². The molecule has 0 aromatic heterocycles. The van der Waals surface area contributed by atoms with Crippen LogP contribution in [0.15, 0.2) is 12.1 Å². The molecular formula is C22H32F2N2O3. The summed E-state index contributed by atoms with van der Waals surface area (Å²) in [5, 5.41) is 3.26. The molecule has 7 heteroatoms. The normalized spacial score (nSPS) is 19.3. The second-order valence-electron chi connectivity index (χ2n) is 9.06. The molecule has 29 heavy (non-hydrogen) atoms. The molecule has 3 rings (SSSR count). The number of amides is 1. The van der Waals surface area contributed by atoms with Crippen LogP contribution in [0.1, 0.15) is 57.9 Å². The highest BCUT2D eigenvalue weighted by Gasteiger charge is 2.28. The number of ether oxygens (including phenoxy) is 2. The van der Waals surface area contributed by atoms with Crippen molar-refractivity contribution in [3.05, 3.63) is 29.3 Å². The van der Waals surface area contributed by atoms with Gasteiger partial charge in [0, 0.05) is 13.1 Å². The van der Waals surface area contributed by atoms with Crippen molar-refractivity contribution >= 4 is 6.09 Å². The standard InChI is InChI=1S/C22H32F2N2O3/c1-22(2,3)29-21(27)26-10-6-15(7-11-26)14-28-20-18(23)12-17(13-19(20)24)16-4-8-25-9-5-16/h12-13,15-16,25H,4-11,14H2,1-3H3. The van der Waals surface area contributed by atoms with Crippen molar-refractivity contribution in [3.8, 4) is 5.75 Å². The van der Waals surface area contributed by atoms with Gasteiger partial charge < -0.3 is 19.7 Å². The first-order chi connectivity index (χ1) is 13.7. The molecule has 162 valence electrons. The molecule has 1 amide bonds. The van der Waals surface area contributed by atoms with Crippen LogP contribution in [0.3, 0.4) is 0 Å². The van der Waals surface area contributed by atoms with Gasteiger partial charge in [-0.3, -0.25) is 0 Å². The van der Waals surface area contributed by atoms with E-state index in [1.54, 1.807) is 4.90 Å². The molecule has 2 heterocycles. The fraction of sp³-hybridized carbons (Fsp3) is 0.682. The molecule has 0 radical (unpaired) electrons. The van der Waals surface area contributed by atoms with Crippen molar-refractivity contribution in [2.75, 3.05) is 32.8 Å². The average Bonchev–Trinajstić information content (AvgIpc) is 2.67. The lowest BCUT2D eigenvalue weighted by Gasteiger charge is -2.33. The zero-order valence-corrected chi connectivity index (χ0v) is 17.6. The van der Waals surface area contributed by atoms with E-state index in [2.05, 4.69) is 5.32 Å². The molecule has 2 fully saturated rings. The Labute approximate surface area is 171 Å². The number of nitrogens with one attached hydrogen (secondary N) is 1. The van der Waals surface area contributed by atoms with Crippen molar-refractivity contribution < 1.29 is 23.0 Å². The Morgan fingerprint density at radius 1 is 1.10 bits per heavy atom. The van der Waals surface area contributed by atoms with Gasteiger partial charge in [-0.2, -0.15) is 0 Å². The highest BCUT2D eigenvalue weighted by molar-refractivity contribution is 5.68.